The lowest BCUT2D eigenvalue weighted by atomic mass is 10.1. The molecule has 0 spiro atoms. The molecule has 0 fully saturated rings. The SMILES string of the molecule is COc1ccc(C)cc1CN(C)C(=O)c1cccc(-n2cccn2)n1. The summed E-state index contributed by atoms with van der Waals surface area (Å²) in [4.78, 5) is 18.8. The molecular formula is C19H20N4O2. The van der Waals surface area contributed by atoms with E-state index in [1.807, 2.05) is 37.3 Å². The fourth-order valence-corrected chi connectivity index (χ4v) is 2.63. The number of rotatable bonds is 5. The highest BCUT2D eigenvalue weighted by Gasteiger charge is 2.16. The molecule has 0 aliphatic heterocycles. The molecule has 0 N–H and O–H groups in total. The van der Waals surface area contributed by atoms with Crippen molar-refractivity contribution < 1.29 is 9.53 Å². The molecule has 6 nitrogen and oxygen atoms in total. The van der Waals surface area contributed by atoms with Crippen LogP contribution in [-0.2, 0) is 6.54 Å². The predicted molar refractivity (Wildman–Crippen MR) is 94.9 cm³/mol. The first-order valence-electron chi connectivity index (χ1n) is 7.94. The minimum atomic E-state index is -0.155. The zero-order valence-electron chi connectivity index (χ0n) is 14.5. The molecule has 25 heavy (non-hydrogen) atoms. The van der Waals surface area contributed by atoms with Gasteiger partial charge < -0.3 is 9.64 Å². The van der Waals surface area contributed by atoms with E-state index in [0.29, 0.717) is 18.1 Å². The van der Waals surface area contributed by atoms with Gasteiger partial charge in [0.25, 0.3) is 5.91 Å². The molecule has 0 aliphatic rings. The topological polar surface area (TPSA) is 60.2 Å². The van der Waals surface area contributed by atoms with Crippen molar-refractivity contribution in [2.75, 3.05) is 14.2 Å². The highest BCUT2D eigenvalue weighted by molar-refractivity contribution is 5.92. The average Bonchev–Trinajstić information content (AvgIpc) is 3.16. The Morgan fingerprint density at radius 1 is 1.24 bits per heavy atom. The van der Waals surface area contributed by atoms with Crippen molar-refractivity contribution in [2.24, 2.45) is 0 Å². The second kappa shape index (κ2) is 7.17. The highest BCUT2D eigenvalue weighted by Crippen LogP contribution is 2.21. The average molecular weight is 336 g/mol. The molecule has 0 radical (unpaired) electrons. The van der Waals surface area contributed by atoms with Crippen LogP contribution in [0.1, 0.15) is 21.6 Å². The van der Waals surface area contributed by atoms with Gasteiger partial charge in [0.05, 0.1) is 7.11 Å². The van der Waals surface area contributed by atoms with Crippen LogP contribution in [0, 0.1) is 6.92 Å². The van der Waals surface area contributed by atoms with Gasteiger partial charge in [0.15, 0.2) is 5.82 Å². The minimum absolute atomic E-state index is 0.155. The summed E-state index contributed by atoms with van der Waals surface area (Å²) in [6.45, 7) is 2.46. The maximum absolute atomic E-state index is 12.7. The smallest absolute Gasteiger partial charge is 0.272 e. The zero-order valence-corrected chi connectivity index (χ0v) is 14.5. The first-order valence-corrected chi connectivity index (χ1v) is 7.94. The standard InChI is InChI=1S/C19H20N4O2/c1-14-8-9-17(25-3)15(12-14)13-22(2)19(24)16-6-4-7-18(21-16)23-11-5-10-20-23/h4-12H,13H2,1-3H3. The number of ether oxygens (including phenoxy) is 1. The maximum Gasteiger partial charge on any atom is 0.272 e. The Kier molecular flexibility index (Phi) is 4.79. The summed E-state index contributed by atoms with van der Waals surface area (Å²) in [7, 11) is 3.39. The van der Waals surface area contributed by atoms with Gasteiger partial charge in [-0.15, -0.1) is 0 Å². The number of carbonyl (C=O) groups excluding carboxylic acids is 1. The Balaban J connectivity index is 1.81. The van der Waals surface area contributed by atoms with Gasteiger partial charge in [0.1, 0.15) is 11.4 Å². The normalized spacial score (nSPS) is 10.5. The summed E-state index contributed by atoms with van der Waals surface area (Å²) < 4.78 is 7.01. The Hall–Kier alpha value is -3.15. The maximum atomic E-state index is 12.7. The van der Waals surface area contributed by atoms with Crippen molar-refractivity contribution in [3.8, 4) is 11.6 Å². The fraction of sp³-hybridized carbons (Fsp3) is 0.211. The van der Waals surface area contributed by atoms with E-state index in [2.05, 4.69) is 10.1 Å². The predicted octanol–water partition coefficient (Wildman–Crippen LogP) is 2.86. The Morgan fingerprint density at radius 2 is 2.08 bits per heavy atom. The molecule has 128 valence electrons. The number of hydrogen-bond acceptors (Lipinski definition) is 4. The fourth-order valence-electron chi connectivity index (χ4n) is 2.63. The van der Waals surface area contributed by atoms with Crippen LogP contribution in [0.15, 0.2) is 54.9 Å². The van der Waals surface area contributed by atoms with Crippen LogP contribution in [0.2, 0.25) is 0 Å². The van der Waals surface area contributed by atoms with E-state index in [9.17, 15) is 4.79 Å². The third kappa shape index (κ3) is 3.68. The van der Waals surface area contributed by atoms with Gasteiger partial charge in [0, 0.05) is 31.5 Å². The Labute approximate surface area is 146 Å². The number of aromatic nitrogens is 3. The quantitative estimate of drug-likeness (QED) is 0.719. The van der Waals surface area contributed by atoms with Crippen LogP contribution < -0.4 is 4.74 Å². The second-order valence-electron chi connectivity index (χ2n) is 5.81. The van der Waals surface area contributed by atoms with E-state index >= 15 is 0 Å². The van der Waals surface area contributed by atoms with Gasteiger partial charge in [0.2, 0.25) is 0 Å². The van der Waals surface area contributed by atoms with Crippen LogP contribution in [0.25, 0.3) is 5.82 Å². The summed E-state index contributed by atoms with van der Waals surface area (Å²) in [5.74, 6) is 1.22. The van der Waals surface area contributed by atoms with E-state index in [1.165, 1.54) is 0 Å². The van der Waals surface area contributed by atoms with E-state index in [-0.39, 0.29) is 5.91 Å². The first-order chi connectivity index (χ1) is 12.1. The van der Waals surface area contributed by atoms with Crippen LogP contribution in [0.3, 0.4) is 0 Å². The molecule has 0 atom stereocenters. The first kappa shape index (κ1) is 16.7. The lowest BCUT2D eigenvalue weighted by Crippen LogP contribution is -2.27. The third-order valence-corrected chi connectivity index (χ3v) is 3.88. The summed E-state index contributed by atoms with van der Waals surface area (Å²) >= 11 is 0. The van der Waals surface area contributed by atoms with Gasteiger partial charge in [-0.1, -0.05) is 23.8 Å². The van der Waals surface area contributed by atoms with Crippen molar-refractivity contribution in [2.45, 2.75) is 13.5 Å². The van der Waals surface area contributed by atoms with Gasteiger partial charge in [-0.3, -0.25) is 4.79 Å². The molecule has 0 aliphatic carbocycles. The molecule has 0 saturated heterocycles. The molecule has 0 unspecified atom stereocenters. The summed E-state index contributed by atoms with van der Waals surface area (Å²) in [5, 5.41) is 4.14. The number of amides is 1. The van der Waals surface area contributed by atoms with Gasteiger partial charge in [-0.2, -0.15) is 5.10 Å². The highest BCUT2D eigenvalue weighted by atomic mass is 16.5. The van der Waals surface area contributed by atoms with Crippen LogP contribution in [0.4, 0.5) is 0 Å². The zero-order chi connectivity index (χ0) is 17.8. The molecule has 2 aromatic heterocycles. The molecule has 1 aromatic carbocycles. The third-order valence-electron chi connectivity index (χ3n) is 3.88. The van der Waals surface area contributed by atoms with Crippen molar-refractivity contribution in [1.29, 1.82) is 0 Å². The molecule has 2 heterocycles. The van der Waals surface area contributed by atoms with E-state index < -0.39 is 0 Å². The molecule has 6 heteroatoms. The van der Waals surface area contributed by atoms with E-state index in [4.69, 9.17) is 4.74 Å². The van der Waals surface area contributed by atoms with Crippen molar-refractivity contribution in [1.82, 2.24) is 19.7 Å². The number of aryl methyl sites for hydroxylation is 1. The number of pyridine rings is 1. The molecule has 3 aromatic rings. The van der Waals surface area contributed by atoms with Gasteiger partial charge >= 0.3 is 0 Å². The molecule has 1 amide bonds. The number of benzene rings is 1. The monoisotopic (exact) mass is 336 g/mol. The number of carbonyl (C=O) groups is 1. The summed E-state index contributed by atoms with van der Waals surface area (Å²) in [5.41, 5.74) is 2.46. The van der Waals surface area contributed by atoms with Crippen LogP contribution in [-0.4, -0.2) is 39.7 Å². The van der Waals surface area contributed by atoms with Crippen LogP contribution >= 0.6 is 0 Å². The lowest BCUT2D eigenvalue weighted by Gasteiger charge is -2.19. The van der Waals surface area contributed by atoms with Gasteiger partial charge in [-0.25, -0.2) is 9.67 Å². The molecule has 3 rings (SSSR count). The van der Waals surface area contributed by atoms with E-state index in [1.54, 1.807) is 48.3 Å². The Bertz CT molecular complexity index is 875. The summed E-state index contributed by atoms with van der Waals surface area (Å²) in [6.07, 6.45) is 3.46. The van der Waals surface area contributed by atoms with E-state index in [0.717, 1.165) is 16.9 Å². The lowest BCUT2D eigenvalue weighted by molar-refractivity contribution is 0.0778. The van der Waals surface area contributed by atoms with Crippen LogP contribution in [0.5, 0.6) is 5.75 Å². The molecule has 0 saturated carbocycles. The number of hydrogen-bond donors (Lipinski definition) is 0. The molecular weight excluding hydrogens is 316 g/mol. The van der Waals surface area contributed by atoms with Crippen molar-refractivity contribution >= 4 is 5.91 Å². The Morgan fingerprint density at radius 3 is 2.80 bits per heavy atom. The second-order valence-corrected chi connectivity index (χ2v) is 5.81. The number of nitrogens with zero attached hydrogens (tertiary/aromatic N) is 4. The number of methoxy groups -OCH3 is 1. The largest absolute Gasteiger partial charge is 0.496 e. The summed E-state index contributed by atoms with van der Waals surface area (Å²) in [6, 6.07) is 13.1. The van der Waals surface area contributed by atoms with Gasteiger partial charge in [-0.05, 0) is 31.2 Å². The van der Waals surface area contributed by atoms with Crippen molar-refractivity contribution in [3.05, 3.63) is 71.7 Å². The molecule has 0 bridgehead atoms. The minimum Gasteiger partial charge on any atom is -0.496 e. The van der Waals surface area contributed by atoms with Crippen molar-refractivity contribution in [3.63, 3.8) is 0 Å².